The molecule has 10 heteroatoms. The maximum absolute atomic E-state index is 14.6. The van der Waals surface area contributed by atoms with Gasteiger partial charge in [-0.3, -0.25) is 9.59 Å². The number of amides is 2. The fraction of sp³-hybridized carbons (Fsp3) is 0.229. The van der Waals surface area contributed by atoms with Crippen LogP contribution in [-0.2, 0) is 42.4 Å². The van der Waals surface area contributed by atoms with Crippen molar-refractivity contribution in [1.29, 1.82) is 0 Å². The number of aliphatic hydroxyl groups is 1. The summed E-state index contributed by atoms with van der Waals surface area (Å²) in [6, 6.07) is 41.6. The summed E-state index contributed by atoms with van der Waals surface area (Å²) in [7, 11) is 1.57. The van der Waals surface area contributed by atoms with Gasteiger partial charge in [0.25, 0.3) is 0 Å². The zero-order valence-electron chi connectivity index (χ0n) is 32.1. The smallest absolute Gasteiger partial charge is 0.339 e. The predicted molar refractivity (Wildman–Crippen MR) is 219 cm³/mol. The molecule has 0 radical (unpaired) electrons. The Hall–Kier alpha value is -6.33. The van der Waals surface area contributed by atoms with Crippen LogP contribution < -0.4 is 5.32 Å². The van der Waals surface area contributed by atoms with E-state index in [1.807, 2.05) is 127 Å². The Bertz CT molecular complexity index is 2220. The molecule has 10 nitrogen and oxygen atoms in total. The number of esters is 1. The van der Waals surface area contributed by atoms with Crippen molar-refractivity contribution in [3.8, 4) is 5.75 Å². The molecule has 0 bridgehead atoms. The normalized spacial score (nSPS) is 18.8. The van der Waals surface area contributed by atoms with Crippen LogP contribution in [0.25, 0.3) is 6.08 Å². The van der Waals surface area contributed by atoms with Gasteiger partial charge in [0, 0.05) is 43.1 Å². The molecule has 5 aromatic rings. The lowest BCUT2D eigenvalue weighted by molar-refractivity contribution is -0.157. The number of phenolic OH excluding ortho intramolecular Hbond substituents is 1. The number of carbonyl (C=O) groups excluding carboxylic acids is 3. The van der Waals surface area contributed by atoms with E-state index in [1.165, 1.54) is 4.90 Å². The number of aliphatic hydroxyl groups excluding tert-OH is 1. The Balaban J connectivity index is 1.22. The van der Waals surface area contributed by atoms with Crippen molar-refractivity contribution in [3.05, 3.63) is 191 Å². The number of hydrogen-bond acceptors (Lipinski definition) is 8. The van der Waals surface area contributed by atoms with E-state index < -0.39 is 47.9 Å². The first-order chi connectivity index (χ1) is 28.3. The zero-order valence-corrected chi connectivity index (χ0v) is 32.1. The molecule has 2 amide bonds. The monoisotopic (exact) mass is 778 g/mol. The Labute approximate surface area is 338 Å². The van der Waals surface area contributed by atoms with E-state index >= 15 is 0 Å². The molecule has 4 atom stereocenters. The van der Waals surface area contributed by atoms with Crippen LogP contribution in [0.2, 0.25) is 0 Å². The van der Waals surface area contributed by atoms with Crippen molar-refractivity contribution in [2.24, 2.45) is 0 Å². The number of fused-ring (bicyclic) bond motifs is 1. The summed E-state index contributed by atoms with van der Waals surface area (Å²) in [4.78, 5) is 43.7. The standard InChI is InChI=1S/C48H46N2O8/c1-50(40(45(53)49-28-29-51)30-33-16-5-2-6-17-33)46(54)36-31-42(56-47(55)39-26-13-11-18-34(39)20-15-21-35-19-12-14-27-41(35)52)44-43(32-36)57-48(58-44,37-22-7-3-8-23-37)38-24-9-4-10-25-38/h2-20,22-27,32,40,42-44,51-52H,21,28-31H2,1H3,(H,49,53)/t40-,42-,43-,44+/m1/s1. The third kappa shape index (κ3) is 8.79. The number of nitrogens with zero attached hydrogens (tertiary/aromatic N) is 1. The number of benzene rings is 5. The van der Waals surface area contributed by atoms with Crippen molar-refractivity contribution >= 4 is 23.9 Å². The molecule has 2 aliphatic rings. The second kappa shape index (κ2) is 18.3. The van der Waals surface area contributed by atoms with Crippen LogP contribution in [-0.4, -0.2) is 77.4 Å². The second-order valence-corrected chi connectivity index (χ2v) is 14.3. The summed E-state index contributed by atoms with van der Waals surface area (Å²) < 4.78 is 20.2. The van der Waals surface area contributed by atoms with Crippen molar-refractivity contribution in [1.82, 2.24) is 10.2 Å². The highest BCUT2D eigenvalue weighted by Crippen LogP contribution is 2.47. The number of nitrogens with one attached hydrogen (secondary N) is 1. The summed E-state index contributed by atoms with van der Waals surface area (Å²) in [5.41, 5.74) is 4.28. The lowest BCUT2D eigenvalue weighted by Crippen LogP contribution is -2.51. The van der Waals surface area contributed by atoms with E-state index in [4.69, 9.17) is 14.2 Å². The summed E-state index contributed by atoms with van der Waals surface area (Å²) in [6.07, 6.45) is 3.46. The number of hydrogen-bond donors (Lipinski definition) is 3. The lowest BCUT2D eigenvalue weighted by atomic mass is 9.90. The number of rotatable bonds is 14. The van der Waals surface area contributed by atoms with E-state index in [1.54, 1.807) is 37.4 Å². The summed E-state index contributed by atoms with van der Waals surface area (Å²) in [5.74, 6) is -2.67. The summed E-state index contributed by atoms with van der Waals surface area (Å²) in [5, 5.41) is 22.4. The van der Waals surface area contributed by atoms with Crippen LogP contribution in [0, 0.1) is 0 Å². The van der Waals surface area contributed by atoms with Gasteiger partial charge in [-0.25, -0.2) is 4.79 Å². The Kier molecular flexibility index (Phi) is 12.6. The maximum Gasteiger partial charge on any atom is 0.339 e. The first-order valence-electron chi connectivity index (χ1n) is 19.4. The molecule has 5 aromatic carbocycles. The molecular formula is C48H46N2O8. The third-order valence-electron chi connectivity index (χ3n) is 10.5. The SMILES string of the molecule is CN(C(=O)C1=C[C@H]2OC(c3ccccc3)(c3ccccc3)O[C@H]2[C@H](OC(=O)c2ccccc2C=CCc2ccccc2O)C1)[C@H](Cc1ccccc1)C(=O)NCCO. The predicted octanol–water partition coefficient (Wildman–Crippen LogP) is 6.37. The average Bonchev–Trinajstić information content (AvgIpc) is 3.67. The molecule has 1 fully saturated rings. The number of carbonyl (C=O) groups is 3. The van der Waals surface area contributed by atoms with E-state index in [0.29, 0.717) is 23.1 Å². The van der Waals surface area contributed by atoms with Crippen LogP contribution in [0.3, 0.4) is 0 Å². The lowest BCUT2D eigenvalue weighted by Gasteiger charge is -2.33. The Morgan fingerprint density at radius 1 is 0.845 bits per heavy atom. The van der Waals surface area contributed by atoms with Gasteiger partial charge >= 0.3 is 5.97 Å². The van der Waals surface area contributed by atoms with Gasteiger partial charge < -0.3 is 34.6 Å². The van der Waals surface area contributed by atoms with Crippen molar-refractivity contribution in [3.63, 3.8) is 0 Å². The minimum Gasteiger partial charge on any atom is -0.508 e. The molecule has 1 aliphatic heterocycles. The van der Waals surface area contributed by atoms with Crippen LogP contribution in [0.4, 0.5) is 0 Å². The van der Waals surface area contributed by atoms with Crippen LogP contribution in [0.15, 0.2) is 157 Å². The minimum absolute atomic E-state index is 0.0132. The number of ether oxygens (including phenoxy) is 3. The molecule has 1 aliphatic carbocycles. The molecule has 296 valence electrons. The Morgan fingerprint density at radius 2 is 1.47 bits per heavy atom. The van der Waals surface area contributed by atoms with Gasteiger partial charge in [0.2, 0.25) is 17.6 Å². The fourth-order valence-corrected chi connectivity index (χ4v) is 7.52. The third-order valence-corrected chi connectivity index (χ3v) is 10.5. The van der Waals surface area contributed by atoms with Gasteiger partial charge in [0.05, 0.1) is 12.2 Å². The van der Waals surface area contributed by atoms with Crippen molar-refractivity contribution in [2.45, 2.75) is 49.4 Å². The molecule has 3 N–H and O–H groups in total. The number of para-hydroxylation sites is 1. The van der Waals surface area contributed by atoms with E-state index in [2.05, 4.69) is 5.32 Å². The van der Waals surface area contributed by atoms with Crippen molar-refractivity contribution in [2.75, 3.05) is 20.2 Å². The highest BCUT2D eigenvalue weighted by Gasteiger charge is 2.55. The van der Waals surface area contributed by atoms with Crippen LogP contribution in [0.5, 0.6) is 5.75 Å². The molecule has 0 spiro atoms. The maximum atomic E-state index is 14.6. The quantitative estimate of drug-likeness (QED) is 0.111. The molecule has 58 heavy (non-hydrogen) atoms. The number of aromatic hydroxyl groups is 1. The highest BCUT2D eigenvalue weighted by atomic mass is 16.8. The van der Waals surface area contributed by atoms with Gasteiger partial charge in [-0.15, -0.1) is 0 Å². The molecule has 0 aromatic heterocycles. The van der Waals surface area contributed by atoms with Gasteiger partial charge in [-0.1, -0.05) is 140 Å². The average molecular weight is 779 g/mol. The first kappa shape index (κ1) is 39.9. The fourth-order valence-electron chi connectivity index (χ4n) is 7.52. The van der Waals surface area contributed by atoms with Crippen LogP contribution >= 0.6 is 0 Å². The highest BCUT2D eigenvalue weighted by molar-refractivity contribution is 5.98. The van der Waals surface area contributed by atoms with Crippen molar-refractivity contribution < 1.29 is 38.8 Å². The molecule has 0 saturated carbocycles. The van der Waals surface area contributed by atoms with E-state index in [9.17, 15) is 24.6 Å². The van der Waals surface area contributed by atoms with Gasteiger partial charge in [0.1, 0.15) is 30.1 Å². The summed E-state index contributed by atoms with van der Waals surface area (Å²) in [6.45, 7) is -0.214. The molecule has 0 unspecified atom stereocenters. The van der Waals surface area contributed by atoms with E-state index in [-0.39, 0.29) is 31.7 Å². The number of allylic oxidation sites excluding steroid dienone is 1. The molecular weight excluding hydrogens is 733 g/mol. The second-order valence-electron chi connectivity index (χ2n) is 14.3. The topological polar surface area (TPSA) is 135 Å². The minimum atomic E-state index is -1.40. The molecule has 1 saturated heterocycles. The largest absolute Gasteiger partial charge is 0.508 e. The first-order valence-corrected chi connectivity index (χ1v) is 19.4. The van der Waals surface area contributed by atoms with E-state index in [0.717, 1.165) is 22.3 Å². The zero-order chi connectivity index (χ0) is 40.5. The molecule has 7 rings (SSSR count). The van der Waals surface area contributed by atoms with Crippen LogP contribution in [0.1, 0.15) is 44.6 Å². The van der Waals surface area contributed by atoms with Gasteiger partial charge in [-0.2, -0.15) is 0 Å². The Morgan fingerprint density at radius 3 is 2.14 bits per heavy atom. The number of phenols is 1. The summed E-state index contributed by atoms with van der Waals surface area (Å²) >= 11 is 0. The van der Waals surface area contributed by atoms with Gasteiger partial charge in [0.15, 0.2) is 0 Å². The van der Waals surface area contributed by atoms with Gasteiger partial charge in [-0.05, 0) is 41.3 Å². The number of likely N-dealkylation sites (N-methyl/N-ethyl adjacent to an activating group) is 1. The molecule has 1 heterocycles.